The lowest BCUT2D eigenvalue weighted by Crippen LogP contribution is -2.46. The van der Waals surface area contributed by atoms with E-state index >= 15 is 0 Å². The fraction of sp³-hybridized carbons (Fsp3) is 0.333. The van der Waals surface area contributed by atoms with E-state index in [1.54, 1.807) is 14.0 Å². The van der Waals surface area contributed by atoms with Crippen LogP contribution in [0.5, 0.6) is 0 Å². The number of rotatable bonds is 2. The SMILES string of the molecule is COC(=O)C1=C(C)N(C)C(=O)N[C@H]1c1cccc(C)c1. The Labute approximate surface area is 118 Å². The zero-order valence-electron chi connectivity index (χ0n) is 12.1. The number of methoxy groups -OCH3 is 1. The zero-order chi connectivity index (χ0) is 14.9. The first-order valence-corrected chi connectivity index (χ1v) is 6.35. The largest absolute Gasteiger partial charge is 0.466 e. The lowest BCUT2D eigenvalue weighted by molar-refractivity contribution is -0.136. The maximum atomic E-state index is 12.0. The molecule has 1 aromatic rings. The maximum Gasteiger partial charge on any atom is 0.337 e. The Morgan fingerprint density at radius 3 is 2.65 bits per heavy atom. The van der Waals surface area contributed by atoms with Crippen molar-refractivity contribution in [3.8, 4) is 0 Å². The fourth-order valence-electron chi connectivity index (χ4n) is 2.31. The third-order valence-corrected chi connectivity index (χ3v) is 3.53. The summed E-state index contributed by atoms with van der Waals surface area (Å²) in [6.45, 7) is 3.71. The molecule has 0 spiro atoms. The van der Waals surface area contributed by atoms with Crippen molar-refractivity contribution in [3.05, 3.63) is 46.7 Å². The summed E-state index contributed by atoms with van der Waals surface area (Å²) >= 11 is 0. The minimum Gasteiger partial charge on any atom is -0.466 e. The van der Waals surface area contributed by atoms with Crippen LogP contribution in [0.4, 0.5) is 4.79 Å². The van der Waals surface area contributed by atoms with Gasteiger partial charge in [0.2, 0.25) is 0 Å². The van der Waals surface area contributed by atoms with Crippen LogP contribution >= 0.6 is 0 Å². The molecule has 2 amide bonds. The van der Waals surface area contributed by atoms with Crippen LogP contribution in [0.1, 0.15) is 24.1 Å². The number of nitrogens with one attached hydrogen (secondary N) is 1. The lowest BCUT2D eigenvalue weighted by atomic mass is 9.94. The van der Waals surface area contributed by atoms with E-state index in [0.29, 0.717) is 11.3 Å². The van der Waals surface area contributed by atoms with Gasteiger partial charge in [-0.05, 0) is 19.4 Å². The molecule has 0 saturated heterocycles. The highest BCUT2D eigenvalue weighted by Crippen LogP contribution is 2.30. The molecule has 106 valence electrons. The molecule has 1 atom stereocenters. The van der Waals surface area contributed by atoms with Crippen LogP contribution in [0.25, 0.3) is 0 Å². The summed E-state index contributed by atoms with van der Waals surface area (Å²) in [5, 5.41) is 2.83. The monoisotopic (exact) mass is 274 g/mol. The standard InChI is InChI=1S/C15H18N2O3/c1-9-6-5-7-11(8-9)13-12(14(18)20-4)10(2)17(3)15(19)16-13/h5-8,13H,1-4H3,(H,16,19)/t13-/m0/s1. The van der Waals surface area contributed by atoms with Crippen molar-refractivity contribution in [3.63, 3.8) is 0 Å². The van der Waals surface area contributed by atoms with Crippen molar-refractivity contribution in [2.75, 3.05) is 14.2 Å². The van der Waals surface area contributed by atoms with Gasteiger partial charge in [0.05, 0.1) is 18.7 Å². The molecular formula is C15H18N2O3. The molecule has 1 aromatic carbocycles. The second-order valence-electron chi connectivity index (χ2n) is 4.85. The summed E-state index contributed by atoms with van der Waals surface area (Å²) in [7, 11) is 2.96. The highest BCUT2D eigenvalue weighted by Gasteiger charge is 2.34. The molecular weight excluding hydrogens is 256 g/mol. The topological polar surface area (TPSA) is 58.6 Å². The molecule has 0 bridgehead atoms. The molecule has 5 nitrogen and oxygen atoms in total. The summed E-state index contributed by atoms with van der Waals surface area (Å²) in [5.74, 6) is -0.430. The number of allylic oxidation sites excluding steroid dienone is 1. The number of carbonyl (C=O) groups is 2. The molecule has 5 heteroatoms. The van der Waals surface area contributed by atoms with Gasteiger partial charge in [0, 0.05) is 12.7 Å². The lowest BCUT2D eigenvalue weighted by Gasteiger charge is -2.33. The van der Waals surface area contributed by atoms with Crippen LogP contribution in [0.15, 0.2) is 35.5 Å². The van der Waals surface area contributed by atoms with Gasteiger partial charge >= 0.3 is 12.0 Å². The number of amides is 2. The molecule has 0 aliphatic carbocycles. The number of urea groups is 1. The van der Waals surface area contributed by atoms with E-state index in [-0.39, 0.29) is 6.03 Å². The zero-order valence-corrected chi connectivity index (χ0v) is 12.1. The molecule has 0 unspecified atom stereocenters. The van der Waals surface area contributed by atoms with Gasteiger partial charge < -0.3 is 15.0 Å². The van der Waals surface area contributed by atoms with E-state index in [1.807, 2.05) is 31.2 Å². The Balaban J connectivity index is 2.55. The Bertz CT molecular complexity index is 593. The number of nitrogens with zero attached hydrogens (tertiary/aromatic N) is 1. The predicted octanol–water partition coefficient (Wildman–Crippen LogP) is 2.14. The smallest absolute Gasteiger partial charge is 0.337 e. The van der Waals surface area contributed by atoms with Crippen LogP contribution in [0, 0.1) is 6.92 Å². The Morgan fingerprint density at radius 2 is 2.05 bits per heavy atom. The van der Waals surface area contributed by atoms with Crippen LogP contribution in [0.2, 0.25) is 0 Å². The number of aryl methyl sites for hydroxylation is 1. The molecule has 1 aliphatic rings. The molecule has 2 rings (SSSR count). The van der Waals surface area contributed by atoms with Crippen molar-refractivity contribution in [1.82, 2.24) is 10.2 Å². The highest BCUT2D eigenvalue weighted by atomic mass is 16.5. The van der Waals surface area contributed by atoms with E-state index in [1.165, 1.54) is 12.0 Å². The molecule has 0 aromatic heterocycles. The minimum atomic E-state index is -0.481. The summed E-state index contributed by atoms with van der Waals surface area (Å²) in [4.78, 5) is 25.4. The predicted molar refractivity (Wildman–Crippen MR) is 74.9 cm³/mol. The second-order valence-corrected chi connectivity index (χ2v) is 4.85. The van der Waals surface area contributed by atoms with Gasteiger partial charge in [-0.3, -0.25) is 0 Å². The van der Waals surface area contributed by atoms with Crippen LogP contribution < -0.4 is 5.32 Å². The molecule has 0 fully saturated rings. The van der Waals surface area contributed by atoms with Crippen LogP contribution in [-0.2, 0) is 9.53 Å². The maximum absolute atomic E-state index is 12.0. The Morgan fingerprint density at radius 1 is 1.35 bits per heavy atom. The summed E-state index contributed by atoms with van der Waals surface area (Å²) in [6, 6.07) is 6.99. The Hall–Kier alpha value is -2.30. The average molecular weight is 274 g/mol. The highest BCUT2D eigenvalue weighted by molar-refractivity contribution is 5.94. The molecule has 1 heterocycles. The summed E-state index contributed by atoms with van der Waals surface area (Å²) in [6.07, 6.45) is 0. The number of hydrogen-bond acceptors (Lipinski definition) is 3. The number of esters is 1. The Kier molecular flexibility index (Phi) is 3.79. The summed E-state index contributed by atoms with van der Waals surface area (Å²) < 4.78 is 4.85. The number of benzene rings is 1. The molecule has 1 N–H and O–H groups in total. The number of ether oxygens (including phenoxy) is 1. The third kappa shape index (κ3) is 2.39. The third-order valence-electron chi connectivity index (χ3n) is 3.53. The quantitative estimate of drug-likeness (QED) is 0.841. The van der Waals surface area contributed by atoms with Gasteiger partial charge in [0.25, 0.3) is 0 Å². The van der Waals surface area contributed by atoms with Gasteiger partial charge in [-0.25, -0.2) is 9.59 Å². The van der Waals surface area contributed by atoms with E-state index in [0.717, 1.165) is 11.1 Å². The van der Waals surface area contributed by atoms with Crippen molar-refractivity contribution >= 4 is 12.0 Å². The van der Waals surface area contributed by atoms with E-state index in [4.69, 9.17) is 4.74 Å². The fourth-order valence-corrected chi connectivity index (χ4v) is 2.31. The van der Waals surface area contributed by atoms with Crippen molar-refractivity contribution in [2.24, 2.45) is 0 Å². The van der Waals surface area contributed by atoms with Gasteiger partial charge in [0.15, 0.2) is 0 Å². The first kappa shape index (κ1) is 14.1. The van der Waals surface area contributed by atoms with Crippen LogP contribution in [-0.4, -0.2) is 31.1 Å². The van der Waals surface area contributed by atoms with Gasteiger partial charge in [0.1, 0.15) is 0 Å². The van der Waals surface area contributed by atoms with E-state index < -0.39 is 12.0 Å². The summed E-state index contributed by atoms with van der Waals surface area (Å²) in [5.41, 5.74) is 3.00. The van der Waals surface area contributed by atoms with Gasteiger partial charge in [-0.1, -0.05) is 29.8 Å². The van der Waals surface area contributed by atoms with Crippen LogP contribution in [0.3, 0.4) is 0 Å². The number of carbonyl (C=O) groups excluding carboxylic acids is 2. The van der Waals surface area contributed by atoms with Crippen molar-refractivity contribution in [2.45, 2.75) is 19.9 Å². The van der Waals surface area contributed by atoms with E-state index in [9.17, 15) is 9.59 Å². The van der Waals surface area contributed by atoms with Gasteiger partial charge in [-0.2, -0.15) is 0 Å². The second kappa shape index (κ2) is 5.36. The number of hydrogen-bond donors (Lipinski definition) is 1. The van der Waals surface area contributed by atoms with Gasteiger partial charge in [-0.15, -0.1) is 0 Å². The minimum absolute atomic E-state index is 0.235. The average Bonchev–Trinajstić information content (AvgIpc) is 2.43. The molecule has 0 radical (unpaired) electrons. The molecule has 1 aliphatic heterocycles. The van der Waals surface area contributed by atoms with Crippen molar-refractivity contribution in [1.29, 1.82) is 0 Å². The molecule has 0 saturated carbocycles. The first-order chi connectivity index (χ1) is 9.45. The first-order valence-electron chi connectivity index (χ1n) is 6.35. The molecule has 20 heavy (non-hydrogen) atoms. The van der Waals surface area contributed by atoms with E-state index in [2.05, 4.69) is 5.32 Å². The van der Waals surface area contributed by atoms with Crippen molar-refractivity contribution < 1.29 is 14.3 Å². The normalized spacial score (nSPS) is 18.9.